The largest absolute Gasteiger partial charge is 0.494 e. The molecular formula is C13H21N3O5S. The van der Waals surface area contributed by atoms with Crippen molar-refractivity contribution in [2.45, 2.75) is 19.9 Å². The van der Waals surface area contributed by atoms with Gasteiger partial charge in [-0.2, -0.15) is 0 Å². The zero-order chi connectivity index (χ0) is 16.6. The van der Waals surface area contributed by atoms with Crippen molar-refractivity contribution < 1.29 is 18.1 Å². The Labute approximate surface area is 130 Å². The van der Waals surface area contributed by atoms with Crippen LogP contribution in [-0.4, -0.2) is 39.3 Å². The molecule has 0 bridgehead atoms. The van der Waals surface area contributed by atoms with E-state index in [2.05, 4.69) is 10.0 Å². The molecule has 1 rings (SSSR count). The molecule has 0 spiro atoms. The third-order valence-electron chi connectivity index (χ3n) is 2.76. The van der Waals surface area contributed by atoms with Crippen LogP contribution in [0.15, 0.2) is 18.2 Å². The molecule has 0 atom stereocenters. The Morgan fingerprint density at radius 2 is 2.05 bits per heavy atom. The molecule has 0 aliphatic carbocycles. The van der Waals surface area contributed by atoms with Crippen LogP contribution in [0.4, 0.5) is 5.69 Å². The molecule has 124 valence electrons. The Kier molecular flexibility index (Phi) is 7.22. The predicted octanol–water partition coefficient (Wildman–Crippen LogP) is 1.02. The Balaban J connectivity index is 2.52. The monoisotopic (exact) mass is 331 g/mol. The van der Waals surface area contributed by atoms with Gasteiger partial charge >= 0.3 is 0 Å². The van der Waals surface area contributed by atoms with Crippen molar-refractivity contribution in [2.75, 3.05) is 26.0 Å². The lowest BCUT2D eigenvalue weighted by Crippen LogP contribution is -2.26. The standard InChI is InChI=1S/C13H21N3O5S/c1-3-21-13-6-5-12(16(17)18)9-11(13)10-14-7-4-8-15-22(2,19)20/h5-6,9,14-15H,3-4,7-8,10H2,1-2H3. The Morgan fingerprint density at radius 1 is 1.32 bits per heavy atom. The van der Waals surface area contributed by atoms with Gasteiger partial charge in [-0.15, -0.1) is 0 Å². The van der Waals surface area contributed by atoms with Gasteiger partial charge in [0.05, 0.1) is 17.8 Å². The van der Waals surface area contributed by atoms with Gasteiger partial charge in [0.15, 0.2) is 0 Å². The van der Waals surface area contributed by atoms with Crippen LogP contribution >= 0.6 is 0 Å². The van der Waals surface area contributed by atoms with Crippen molar-refractivity contribution in [3.8, 4) is 5.75 Å². The maximum absolute atomic E-state index is 10.9. The van der Waals surface area contributed by atoms with Crippen molar-refractivity contribution >= 4 is 15.7 Å². The van der Waals surface area contributed by atoms with E-state index in [1.165, 1.54) is 12.1 Å². The summed E-state index contributed by atoms with van der Waals surface area (Å²) < 4.78 is 29.6. The van der Waals surface area contributed by atoms with Crippen molar-refractivity contribution in [1.82, 2.24) is 10.0 Å². The smallest absolute Gasteiger partial charge is 0.270 e. The average molecular weight is 331 g/mol. The third kappa shape index (κ3) is 6.83. The van der Waals surface area contributed by atoms with Crippen LogP contribution in [0.5, 0.6) is 5.75 Å². The lowest BCUT2D eigenvalue weighted by atomic mass is 10.1. The van der Waals surface area contributed by atoms with Gasteiger partial charge in [-0.3, -0.25) is 10.1 Å². The number of ether oxygens (including phenoxy) is 1. The molecular weight excluding hydrogens is 310 g/mol. The molecule has 0 heterocycles. The van der Waals surface area contributed by atoms with Crippen LogP contribution in [0.3, 0.4) is 0 Å². The first-order valence-corrected chi connectivity index (χ1v) is 8.78. The SMILES string of the molecule is CCOc1ccc([N+](=O)[O-])cc1CNCCCNS(C)(=O)=O. The molecule has 0 aliphatic rings. The maximum Gasteiger partial charge on any atom is 0.270 e. The van der Waals surface area contributed by atoms with Gasteiger partial charge in [-0.25, -0.2) is 13.1 Å². The number of benzene rings is 1. The van der Waals surface area contributed by atoms with Crippen LogP contribution < -0.4 is 14.8 Å². The molecule has 0 fully saturated rings. The van der Waals surface area contributed by atoms with Crippen molar-refractivity contribution in [1.29, 1.82) is 0 Å². The van der Waals surface area contributed by atoms with E-state index >= 15 is 0 Å². The summed E-state index contributed by atoms with van der Waals surface area (Å²) in [5, 5.41) is 13.9. The number of hydrogen-bond donors (Lipinski definition) is 2. The molecule has 0 unspecified atom stereocenters. The minimum absolute atomic E-state index is 0.0130. The minimum Gasteiger partial charge on any atom is -0.494 e. The highest BCUT2D eigenvalue weighted by Crippen LogP contribution is 2.24. The first-order valence-electron chi connectivity index (χ1n) is 6.89. The van der Waals surface area contributed by atoms with Gasteiger partial charge in [0.25, 0.3) is 5.69 Å². The number of nitrogens with one attached hydrogen (secondary N) is 2. The minimum atomic E-state index is -3.17. The Bertz CT molecular complexity index is 604. The summed E-state index contributed by atoms with van der Waals surface area (Å²) in [4.78, 5) is 10.4. The highest BCUT2D eigenvalue weighted by atomic mass is 32.2. The van der Waals surface area contributed by atoms with E-state index in [4.69, 9.17) is 4.74 Å². The fraction of sp³-hybridized carbons (Fsp3) is 0.538. The highest BCUT2D eigenvalue weighted by Gasteiger charge is 2.11. The van der Waals surface area contributed by atoms with Gasteiger partial charge in [0.2, 0.25) is 10.0 Å². The van der Waals surface area contributed by atoms with Gasteiger partial charge in [0.1, 0.15) is 5.75 Å². The summed E-state index contributed by atoms with van der Waals surface area (Å²) in [7, 11) is -3.17. The number of nitrogens with zero attached hydrogens (tertiary/aromatic N) is 1. The van der Waals surface area contributed by atoms with E-state index in [0.717, 1.165) is 6.26 Å². The second-order valence-electron chi connectivity index (χ2n) is 4.68. The molecule has 8 nitrogen and oxygen atoms in total. The summed E-state index contributed by atoms with van der Waals surface area (Å²) >= 11 is 0. The van der Waals surface area contributed by atoms with E-state index in [-0.39, 0.29) is 5.69 Å². The number of nitro benzene ring substituents is 1. The summed E-state index contributed by atoms with van der Waals surface area (Å²) in [5.74, 6) is 0.606. The molecule has 0 saturated carbocycles. The summed E-state index contributed by atoms with van der Waals surface area (Å²) in [6.07, 6.45) is 1.73. The van der Waals surface area contributed by atoms with Crippen molar-refractivity contribution in [2.24, 2.45) is 0 Å². The zero-order valence-electron chi connectivity index (χ0n) is 12.7. The van der Waals surface area contributed by atoms with Crippen molar-refractivity contribution in [3.63, 3.8) is 0 Å². The molecule has 9 heteroatoms. The second kappa shape index (κ2) is 8.66. The summed E-state index contributed by atoms with van der Waals surface area (Å²) in [6.45, 7) is 3.66. The molecule has 0 radical (unpaired) electrons. The van der Waals surface area contributed by atoms with Gasteiger partial charge in [0, 0.05) is 30.8 Å². The normalized spacial score (nSPS) is 11.4. The average Bonchev–Trinajstić information content (AvgIpc) is 2.43. The van der Waals surface area contributed by atoms with E-state index in [1.54, 1.807) is 6.07 Å². The van der Waals surface area contributed by atoms with Gasteiger partial charge < -0.3 is 10.1 Å². The van der Waals surface area contributed by atoms with Crippen molar-refractivity contribution in [3.05, 3.63) is 33.9 Å². The highest BCUT2D eigenvalue weighted by molar-refractivity contribution is 7.88. The van der Waals surface area contributed by atoms with Gasteiger partial charge in [-0.1, -0.05) is 0 Å². The maximum atomic E-state index is 10.9. The summed E-state index contributed by atoms with van der Waals surface area (Å²) in [5.41, 5.74) is 0.714. The van der Waals surface area contributed by atoms with E-state index < -0.39 is 14.9 Å². The number of non-ortho nitro benzene ring substituents is 1. The van der Waals surface area contributed by atoms with Crippen LogP contribution in [-0.2, 0) is 16.6 Å². The quantitative estimate of drug-likeness (QED) is 0.376. The van der Waals surface area contributed by atoms with E-state index in [1.807, 2.05) is 6.92 Å². The lowest BCUT2D eigenvalue weighted by molar-refractivity contribution is -0.384. The fourth-order valence-corrected chi connectivity index (χ4v) is 2.32. The van der Waals surface area contributed by atoms with Crippen LogP contribution in [0, 0.1) is 10.1 Å². The van der Waals surface area contributed by atoms with Crippen LogP contribution in [0.1, 0.15) is 18.9 Å². The molecule has 1 aromatic carbocycles. The second-order valence-corrected chi connectivity index (χ2v) is 6.51. The molecule has 22 heavy (non-hydrogen) atoms. The first kappa shape index (κ1) is 18.3. The van der Waals surface area contributed by atoms with Gasteiger partial charge in [-0.05, 0) is 26.0 Å². The first-order chi connectivity index (χ1) is 10.3. The van der Waals surface area contributed by atoms with Crippen LogP contribution in [0.25, 0.3) is 0 Å². The lowest BCUT2D eigenvalue weighted by Gasteiger charge is -2.11. The van der Waals surface area contributed by atoms with Crippen LogP contribution in [0.2, 0.25) is 0 Å². The number of nitro groups is 1. The Morgan fingerprint density at radius 3 is 2.64 bits per heavy atom. The van der Waals surface area contributed by atoms with E-state index in [9.17, 15) is 18.5 Å². The molecule has 0 amide bonds. The number of rotatable bonds is 10. The predicted molar refractivity (Wildman–Crippen MR) is 83.4 cm³/mol. The number of hydrogen-bond acceptors (Lipinski definition) is 6. The molecule has 0 saturated heterocycles. The van der Waals surface area contributed by atoms with E-state index in [0.29, 0.717) is 44.0 Å². The Hall–Kier alpha value is -1.71. The molecule has 2 N–H and O–H groups in total. The fourth-order valence-electron chi connectivity index (χ4n) is 1.81. The molecule has 0 aromatic heterocycles. The summed E-state index contributed by atoms with van der Waals surface area (Å²) in [6, 6.07) is 4.47. The topological polar surface area (TPSA) is 111 Å². The zero-order valence-corrected chi connectivity index (χ0v) is 13.5. The number of sulfonamides is 1. The molecule has 1 aromatic rings. The molecule has 0 aliphatic heterocycles. The third-order valence-corrected chi connectivity index (χ3v) is 3.49.